The first kappa shape index (κ1) is 12.8. The van der Waals surface area contributed by atoms with Crippen molar-refractivity contribution in [2.45, 2.75) is 26.2 Å². The summed E-state index contributed by atoms with van der Waals surface area (Å²) in [7, 11) is 0. The number of carbonyl (C=O) groups is 1. The van der Waals surface area contributed by atoms with Gasteiger partial charge < -0.3 is 10.0 Å². The van der Waals surface area contributed by atoms with Gasteiger partial charge in [-0.25, -0.2) is 4.98 Å². The van der Waals surface area contributed by atoms with E-state index < -0.39 is 5.97 Å². The van der Waals surface area contributed by atoms with Crippen molar-refractivity contribution in [2.24, 2.45) is 5.92 Å². The molecule has 0 amide bonds. The van der Waals surface area contributed by atoms with Crippen LogP contribution in [0, 0.1) is 5.92 Å². The fraction of sp³-hybridized carbons (Fsp3) is 0.538. The Morgan fingerprint density at radius 1 is 1.45 bits per heavy atom. The van der Waals surface area contributed by atoms with E-state index in [1.807, 2.05) is 6.07 Å². The number of aromatic nitrogens is 4. The number of hydrogen-bond acceptors (Lipinski definition) is 5. The summed E-state index contributed by atoms with van der Waals surface area (Å²) in [6.45, 7) is 3.49. The van der Waals surface area contributed by atoms with Crippen molar-refractivity contribution >= 4 is 17.6 Å². The van der Waals surface area contributed by atoms with Crippen molar-refractivity contribution in [3.63, 3.8) is 0 Å². The standard InChI is InChI=1S/C13H17N5O2/c1-2-10-7-11(18-13(16-10)14-8-15-18)17-5-3-9(4-6-17)12(19)20/h7-9H,2-6H2,1H3,(H,19,20). The highest BCUT2D eigenvalue weighted by Crippen LogP contribution is 2.24. The maximum atomic E-state index is 11.0. The molecule has 1 aliphatic rings. The molecule has 1 N–H and O–H groups in total. The Hall–Kier alpha value is -2.18. The van der Waals surface area contributed by atoms with Crippen LogP contribution in [-0.2, 0) is 11.2 Å². The molecule has 7 heteroatoms. The molecule has 0 saturated carbocycles. The fourth-order valence-electron chi connectivity index (χ4n) is 2.61. The first-order valence-electron chi connectivity index (χ1n) is 6.86. The molecule has 3 rings (SSSR count). The van der Waals surface area contributed by atoms with Crippen LogP contribution < -0.4 is 4.90 Å². The zero-order valence-electron chi connectivity index (χ0n) is 11.4. The Kier molecular flexibility index (Phi) is 3.25. The number of aryl methyl sites for hydroxylation is 1. The largest absolute Gasteiger partial charge is 0.481 e. The summed E-state index contributed by atoms with van der Waals surface area (Å²) in [5.74, 6) is 0.623. The third kappa shape index (κ3) is 2.19. The van der Waals surface area contributed by atoms with Gasteiger partial charge in [-0.15, -0.1) is 0 Å². The lowest BCUT2D eigenvalue weighted by Gasteiger charge is -2.31. The van der Waals surface area contributed by atoms with E-state index in [9.17, 15) is 4.79 Å². The Bertz CT molecular complexity index is 631. The van der Waals surface area contributed by atoms with E-state index >= 15 is 0 Å². The van der Waals surface area contributed by atoms with E-state index in [0.717, 1.165) is 31.0 Å². The topological polar surface area (TPSA) is 83.6 Å². The average Bonchev–Trinajstić information content (AvgIpc) is 2.94. The van der Waals surface area contributed by atoms with Crippen molar-refractivity contribution in [3.05, 3.63) is 18.1 Å². The van der Waals surface area contributed by atoms with E-state index in [0.29, 0.717) is 18.6 Å². The van der Waals surface area contributed by atoms with Gasteiger partial charge in [0.2, 0.25) is 0 Å². The molecule has 20 heavy (non-hydrogen) atoms. The summed E-state index contributed by atoms with van der Waals surface area (Å²) in [6.07, 6.45) is 3.65. The van der Waals surface area contributed by atoms with Gasteiger partial charge in [-0.2, -0.15) is 14.6 Å². The number of hydrogen-bond donors (Lipinski definition) is 1. The van der Waals surface area contributed by atoms with Crippen LogP contribution in [-0.4, -0.2) is 43.7 Å². The van der Waals surface area contributed by atoms with Crippen molar-refractivity contribution < 1.29 is 9.90 Å². The second-order valence-electron chi connectivity index (χ2n) is 5.03. The molecular weight excluding hydrogens is 258 g/mol. The van der Waals surface area contributed by atoms with E-state index in [2.05, 4.69) is 26.9 Å². The molecule has 1 saturated heterocycles. The molecule has 2 aromatic rings. The molecule has 0 spiro atoms. The van der Waals surface area contributed by atoms with E-state index in [1.54, 1.807) is 4.52 Å². The minimum absolute atomic E-state index is 0.232. The molecule has 3 heterocycles. The number of nitrogens with zero attached hydrogens (tertiary/aromatic N) is 5. The highest BCUT2D eigenvalue weighted by molar-refractivity contribution is 5.70. The number of carboxylic acid groups (broad SMARTS) is 1. The van der Waals surface area contributed by atoms with Crippen LogP contribution in [0.1, 0.15) is 25.5 Å². The molecule has 1 aliphatic heterocycles. The number of aliphatic carboxylic acids is 1. The van der Waals surface area contributed by atoms with E-state index in [4.69, 9.17) is 5.11 Å². The fourth-order valence-corrected chi connectivity index (χ4v) is 2.61. The maximum Gasteiger partial charge on any atom is 0.306 e. The van der Waals surface area contributed by atoms with Gasteiger partial charge >= 0.3 is 5.97 Å². The maximum absolute atomic E-state index is 11.0. The molecule has 0 radical (unpaired) electrons. The number of anilines is 1. The van der Waals surface area contributed by atoms with Crippen LogP contribution in [0.4, 0.5) is 5.82 Å². The third-order valence-electron chi connectivity index (χ3n) is 3.82. The van der Waals surface area contributed by atoms with Crippen molar-refractivity contribution in [2.75, 3.05) is 18.0 Å². The lowest BCUT2D eigenvalue weighted by Crippen LogP contribution is -2.37. The predicted octanol–water partition coefficient (Wildman–Crippen LogP) is 0.988. The molecule has 2 aromatic heterocycles. The van der Waals surface area contributed by atoms with Crippen LogP contribution in [0.2, 0.25) is 0 Å². The second kappa shape index (κ2) is 5.07. The third-order valence-corrected chi connectivity index (χ3v) is 3.82. The number of fused-ring (bicyclic) bond motifs is 1. The summed E-state index contributed by atoms with van der Waals surface area (Å²) in [5, 5.41) is 13.3. The quantitative estimate of drug-likeness (QED) is 0.899. The van der Waals surface area contributed by atoms with Gasteiger partial charge in [0.25, 0.3) is 5.78 Å². The van der Waals surface area contributed by atoms with Gasteiger partial charge in [-0.1, -0.05) is 6.92 Å². The molecule has 106 valence electrons. The van der Waals surface area contributed by atoms with Gasteiger partial charge in [0.15, 0.2) is 0 Å². The van der Waals surface area contributed by atoms with Crippen LogP contribution in [0.25, 0.3) is 5.78 Å². The van der Waals surface area contributed by atoms with Gasteiger partial charge in [0.05, 0.1) is 5.92 Å². The zero-order chi connectivity index (χ0) is 14.1. The minimum atomic E-state index is -0.695. The Balaban J connectivity index is 1.90. The molecular formula is C13H17N5O2. The molecule has 0 unspecified atom stereocenters. The van der Waals surface area contributed by atoms with Crippen LogP contribution >= 0.6 is 0 Å². The molecule has 1 fully saturated rings. The van der Waals surface area contributed by atoms with Gasteiger partial charge in [0, 0.05) is 24.8 Å². The summed E-state index contributed by atoms with van der Waals surface area (Å²) in [5.41, 5.74) is 0.973. The SMILES string of the molecule is CCc1cc(N2CCC(C(=O)O)CC2)n2ncnc2n1. The van der Waals surface area contributed by atoms with Crippen LogP contribution in [0.15, 0.2) is 12.4 Å². The highest BCUT2D eigenvalue weighted by Gasteiger charge is 2.26. The summed E-state index contributed by atoms with van der Waals surface area (Å²) in [6, 6.07) is 2.02. The Labute approximate surface area is 116 Å². The normalized spacial score (nSPS) is 16.8. The van der Waals surface area contributed by atoms with E-state index in [-0.39, 0.29) is 5.92 Å². The minimum Gasteiger partial charge on any atom is -0.481 e. The van der Waals surface area contributed by atoms with Crippen LogP contribution in [0.3, 0.4) is 0 Å². The number of piperidine rings is 1. The number of rotatable bonds is 3. The Morgan fingerprint density at radius 2 is 2.20 bits per heavy atom. The summed E-state index contributed by atoms with van der Waals surface area (Å²) < 4.78 is 1.72. The van der Waals surface area contributed by atoms with Gasteiger partial charge in [0.1, 0.15) is 12.1 Å². The predicted molar refractivity (Wildman–Crippen MR) is 72.7 cm³/mol. The lowest BCUT2D eigenvalue weighted by molar-refractivity contribution is -0.142. The zero-order valence-corrected chi connectivity index (χ0v) is 11.4. The average molecular weight is 275 g/mol. The highest BCUT2D eigenvalue weighted by atomic mass is 16.4. The van der Waals surface area contributed by atoms with Crippen LogP contribution in [0.5, 0.6) is 0 Å². The van der Waals surface area contributed by atoms with Gasteiger partial charge in [-0.3, -0.25) is 4.79 Å². The van der Waals surface area contributed by atoms with Crippen molar-refractivity contribution in [1.29, 1.82) is 0 Å². The molecule has 0 atom stereocenters. The molecule has 0 bridgehead atoms. The summed E-state index contributed by atoms with van der Waals surface area (Å²) in [4.78, 5) is 21.7. The smallest absolute Gasteiger partial charge is 0.306 e. The molecule has 7 nitrogen and oxygen atoms in total. The van der Waals surface area contributed by atoms with Crippen molar-refractivity contribution in [3.8, 4) is 0 Å². The first-order chi connectivity index (χ1) is 9.69. The number of carboxylic acids is 1. The molecule has 0 aliphatic carbocycles. The Morgan fingerprint density at radius 3 is 2.85 bits per heavy atom. The monoisotopic (exact) mass is 275 g/mol. The molecule has 0 aromatic carbocycles. The first-order valence-corrected chi connectivity index (χ1v) is 6.86. The van der Waals surface area contributed by atoms with Gasteiger partial charge in [-0.05, 0) is 19.3 Å². The lowest BCUT2D eigenvalue weighted by atomic mass is 9.97. The van der Waals surface area contributed by atoms with E-state index in [1.165, 1.54) is 6.33 Å². The summed E-state index contributed by atoms with van der Waals surface area (Å²) >= 11 is 0. The van der Waals surface area contributed by atoms with Crippen molar-refractivity contribution in [1.82, 2.24) is 19.6 Å². The second-order valence-corrected chi connectivity index (χ2v) is 5.03.